The van der Waals surface area contributed by atoms with Crippen molar-refractivity contribution in [3.8, 4) is 11.8 Å². The van der Waals surface area contributed by atoms with Crippen LogP contribution in [0.4, 0.5) is 4.39 Å². The molecular weight excluding hydrogens is 269 g/mol. The highest BCUT2D eigenvalue weighted by atomic mass is 19.1. The zero-order valence-electron chi connectivity index (χ0n) is 11.7. The molecule has 0 aliphatic heterocycles. The third-order valence-corrected chi connectivity index (χ3v) is 3.14. The largest absolute Gasteiger partial charge is 0.489 e. The normalized spacial score (nSPS) is 11.7. The second kappa shape index (κ2) is 6.87. The molecule has 0 spiro atoms. The van der Waals surface area contributed by atoms with E-state index in [9.17, 15) is 9.50 Å². The van der Waals surface area contributed by atoms with Gasteiger partial charge in [0.15, 0.2) is 0 Å². The van der Waals surface area contributed by atoms with Crippen LogP contribution in [0.15, 0.2) is 42.5 Å². The lowest BCUT2D eigenvalue weighted by Crippen LogP contribution is -1.98. The second-order valence-corrected chi connectivity index (χ2v) is 4.74. The van der Waals surface area contributed by atoms with Crippen LogP contribution >= 0.6 is 0 Å². The van der Waals surface area contributed by atoms with Crippen molar-refractivity contribution in [1.29, 1.82) is 5.26 Å². The molecule has 0 fully saturated rings. The van der Waals surface area contributed by atoms with Crippen molar-refractivity contribution in [2.75, 3.05) is 0 Å². The number of rotatable bonds is 5. The van der Waals surface area contributed by atoms with E-state index in [-0.39, 0.29) is 12.2 Å². The van der Waals surface area contributed by atoms with E-state index in [2.05, 4.69) is 0 Å². The number of ether oxygens (including phenoxy) is 1. The lowest BCUT2D eigenvalue weighted by molar-refractivity contribution is 0.173. The molecule has 0 bridgehead atoms. The fourth-order valence-corrected chi connectivity index (χ4v) is 1.99. The number of aliphatic hydroxyl groups is 1. The molecule has 0 aliphatic rings. The van der Waals surface area contributed by atoms with Crippen molar-refractivity contribution < 1.29 is 14.2 Å². The Hall–Kier alpha value is -2.38. The first-order chi connectivity index (χ1) is 10.1. The first-order valence-corrected chi connectivity index (χ1v) is 6.72. The summed E-state index contributed by atoms with van der Waals surface area (Å²) in [5, 5.41) is 18.5. The number of halogens is 1. The summed E-state index contributed by atoms with van der Waals surface area (Å²) >= 11 is 0. The molecule has 4 heteroatoms. The van der Waals surface area contributed by atoms with E-state index in [4.69, 9.17) is 10.00 Å². The van der Waals surface area contributed by atoms with Gasteiger partial charge >= 0.3 is 0 Å². The van der Waals surface area contributed by atoms with Crippen LogP contribution in [0.5, 0.6) is 5.75 Å². The first-order valence-electron chi connectivity index (χ1n) is 6.72. The minimum Gasteiger partial charge on any atom is -0.489 e. The van der Waals surface area contributed by atoms with Crippen molar-refractivity contribution in [3.05, 3.63) is 65.0 Å². The van der Waals surface area contributed by atoms with E-state index >= 15 is 0 Å². The van der Waals surface area contributed by atoms with Gasteiger partial charge in [-0.05, 0) is 47.9 Å². The van der Waals surface area contributed by atoms with E-state index < -0.39 is 11.9 Å². The fourth-order valence-electron chi connectivity index (χ4n) is 1.99. The van der Waals surface area contributed by atoms with Gasteiger partial charge in [-0.2, -0.15) is 5.26 Å². The van der Waals surface area contributed by atoms with Crippen molar-refractivity contribution in [3.63, 3.8) is 0 Å². The Morgan fingerprint density at radius 1 is 1.24 bits per heavy atom. The third kappa shape index (κ3) is 4.04. The first kappa shape index (κ1) is 15.0. The molecule has 1 N–H and O–H groups in total. The van der Waals surface area contributed by atoms with Gasteiger partial charge in [0.2, 0.25) is 0 Å². The zero-order valence-corrected chi connectivity index (χ0v) is 11.7. The van der Waals surface area contributed by atoms with Crippen LogP contribution in [-0.4, -0.2) is 5.11 Å². The van der Waals surface area contributed by atoms with E-state index in [1.807, 2.05) is 13.0 Å². The summed E-state index contributed by atoms with van der Waals surface area (Å²) < 4.78 is 18.8. The average Bonchev–Trinajstić information content (AvgIpc) is 2.52. The van der Waals surface area contributed by atoms with Crippen LogP contribution in [-0.2, 0) is 6.61 Å². The number of hydrogen-bond acceptors (Lipinski definition) is 3. The van der Waals surface area contributed by atoms with Gasteiger partial charge in [0.05, 0.1) is 17.7 Å². The number of nitriles is 1. The molecule has 2 aromatic carbocycles. The van der Waals surface area contributed by atoms with Gasteiger partial charge < -0.3 is 9.84 Å². The Kier molecular flexibility index (Phi) is 4.91. The summed E-state index contributed by atoms with van der Waals surface area (Å²) in [5.74, 6) is 0.180. The van der Waals surface area contributed by atoms with E-state index in [1.165, 1.54) is 12.1 Å². The van der Waals surface area contributed by atoms with Crippen LogP contribution in [0.2, 0.25) is 0 Å². The standard InChI is InChI=1S/C17H16FNO2/c1-2-17(20)14-3-5-16(6-4-14)21-11-13-7-12(10-19)8-15(18)9-13/h3-9,17,20H,2,11H2,1H3/t17-/m1/s1. The molecule has 2 rings (SSSR count). The molecule has 2 aromatic rings. The van der Waals surface area contributed by atoms with Crippen LogP contribution in [0.1, 0.15) is 36.1 Å². The highest BCUT2D eigenvalue weighted by molar-refractivity contribution is 5.34. The van der Waals surface area contributed by atoms with Gasteiger partial charge in [0.25, 0.3) is 0 Å². The molecule has 0 saturated carbocycles. The van der Waals surface area contributed by atoms with Crippen molar-refractivity contribution >= 4 is 0 Å². The van der Waals surface area contributed by atoms with Crippen LogP contribution in [0.25, 0.3) is 0 Å². The average molecular weight is 285 g/mol. The van der Waals surface area contributed by atoms with E-state index in [0.717, 1.165) is 5.56 Å². The molecular formula is C17H16FNO2. The fraction of sp³-hybridized carbons (Fsp3) is 0.235. The Bertz CT molecular complexity index is 647. The Balaban J connectivity index is 2.03. The summed E-state index contributed by atoms with van der Waals surface area (Å²) in [6, 6.07) is 13.2. The summed E-state index contributed by atoms with van der Waals surface area (Å²) in [6.45, 7) is 2.09. The molecule has 3 nitrogen and oxygen atoms in total. The summed E-state index contributed by atoms with van der Waals surface area (Å²) in [5.41, 5.74) is 1.71. The van der Waals surface area contributed by atoms with Crippen molar-refractivity contribution in [1.82, 2.24) is 0 Å². The van der Waals surface area contributed by atoms with E-state index in [0.29, 0.717) is 17.7 Å². The Morgan fingerprint density at radius 3 is 2.57 bits per heavy atom. The van der Waals surface area contributed by atoms with Gasteiger partial charge in [-0.1, -0.05) is 19.1 Å². The minimum absolute atomic E-state index is 0.183. The lowest BCUT2D eigenvalue weighted by Gasteiger charge is -2.10. The predicted octanol–water partition coefficient (Wildman–Crippen LogP) is 3.72. The lowest BCUT2D eigenvalue weighted by atomic mass is 10.1. The SMILES string of the molecule is CC[C@@H](O)c1ccc(OCc2cc(F)cc(C#N)c2)cc1. The highest BCUT2D eigenvalue weighted by Crippen LogP contribution is 2.20. The summed E-state index contributed by atoms with van der Waals surface area (Å²) in [4.78, 5) is 0. The molecule has 0 aliphatic carbocycles. The van der Waals surface area contributed by atoms with Gasteiger partial charge in [0, 0.05) is 0 Å². The smallest absolute Gasteiger partial charge is 0.124 e. The molecule has 0 radical (unpaired) electrons. The molecule has 0 aromatic heterocycles. The van der Waals surface area contributed by atoms with Crippen LogP contribution in [0, 0.1) is 17.1 Å². The number of hydrogen-bond donors (Lipinski definition) is 1. The molecule has 0 saturated heterocycles. The van der Waals surface area contributed by atoms with Gasteiger partial charge in [-0.25, -0.2) is 4.39 Å². The summed E-state index contributed by atoms with van der Waals surface area (Å²) in [7, 11) is 0. The monoisotopic (exact) mass is 285 g/mol. The van der Waals surface area contributed by atoms with Gasteiger partial charge in [0.1, 0.15) is 18.2 Å². The highest BCUT2D eigenvalue weighted by Gasteiger charge is 2.05. The van der Waals surface area contributed by atoms with Crippen LogP contribution in [0.3, 0.4) is 0 Å². The summed E-state index contributed by atoms with van der Waals surface area (Å²) in [6.07, 6.45) is 0.181. The van der Waals surface area contributed by atoms with Crippen molar-refractivity contribution in [2.45, 2.75) is 26.1 Å². The number of benzene rings is 2. The minimum atomic E-state index is -0.472. The number of nitrogens with zero attached hydrogens (tertiary/aromatic N) is 1. The van der Waals surface area contributed by atoms with E-state index in [1.54, 1.807) is 30.3 Å². The molecule has 21 heavy (non-hydrogen) atoms. The molecule has 108 valence electrons. The Labute approximate surface area is 123 Å². The quantitative estimate of drug-likeness (QED) is 0.911. The maximum atomic E-state index is 13.3. The second-order valence-electron chi connectivity index (χ2n) is 4.74. The molecule has 0 unspecified atom stereocenters. The van der Waals surface area contributed by atoms with Crippen molar-refractivity contribution in [2.24, 2.45) is 0 Å². The van der Waals surface area contributed by atoms with Gasteiger partial charge in [-0.3, -0.25) is 0 Å². The maximum Gasteiger partial charge on any atom is 0.124 e. The molecule has 0 amide bonds. The molecule has 1 atom stereocenters. The Morgan fingerprint density at radius 2 is 1.95 bits per heavy atom. The predicted molar refractivity (Wildman–Crippen MR) is 77.1 cm³/mol. The van der Waals surface area contributed by atoms with Crippen LogP contribution < -0.4 is 4.74 Å². The maximum absolute atomic E-state index is 13.3. The third-order valence-electron chi connectivity index (χ3n) is 3.14. The number of aliphatic hydroxyl groups excluding tert-OH is 1. The molecule has 0 heterocycles. The topological polar surface area (TPSA) is 53.2 Å². The van der Waals surface area contributed by atoms with Gasteiger partial charge in [-0.15, -0.1) is 0 Å². The zero-order chi connectivity index (χ0) is 15.2.